The van der Waals surface area contributed by atoms with Crippen LogP contribution < -0.4 is 5.32 Å². The van der Waals surface area contributed by atoms with Crippen molar-refractivity contribution in [2.75, 3.05) is 19.6 Å². The van der Waals surface area contributed by atoms with E-state index in [1.807, 2.05) is 13.8 Å². The molecule has 2 atom stereocenters. The normalized spacial score (nSPS) is 27.7. The molecular formula is C13H25N3. The Morgan fingerprint density at radius 2 is 2.19 bits per heavy atom. The average Bonchev–Trinajstić information content (AvgIpc) is 2.27. The molecule has 16 heavy (non-hydrogen) atoms. The third-order valence-electron chi connectivity index (χ3n) is 3.56. The van der Waals surface area contributed by atoms with E-state index in [0.29, 0.717) is 12.1 Å². The third-order valence-corrected chi connectivity index (χ3v) is 3.56. The van der Waals surface area contributed by atoms with Crippen LogP contribution in [-0.2, 0) is 0 Å². The lowest BCUT2D eigenvalue weighted by molar-refractivity contribution is 0.140. The van der Waals surface area contributed by atoms with Crippen molar-refractivity contribution in [3.8, 4) is 6.07 Å². The Labute approximate surface area is 99.8 Å². The fraction of sp³-hybridized carbons (Fsp3) is 0.923. The van der Waals surface area contributed by atoms with Gasteiger partial charge in [-0.1, -0.05) is 6.92 Å². The first-order chi connectivity index (χ1) is 7.48. The predicted octanol–water partition coefficient (Wildman–Crippen LogP) is 2.00. The summed E-state index contributed by atoms with van der Waals surface area (Å²) in [5.74, 6) is 0. The molecule has 92 valence electrons. The highest BCUT2D eigenvalue weighted by Crippen LogP contribution is 2.18. The van der Waals surface area contributed by atoms with Gasteiger partial charge in [-0.3, -0.25) is 0 Å². The Morgan fingerprint density at radius 3 is 2.69 bits per heavy atom. The van der Waals surface area contributed by atoms with Crippen LogP contribution in [0.4, 0.5) is 0 Å². The Hall–Kier alpha value is -0.590. The number of piperidine rings is 1. The molecule has 0 saturated carbocycles. The quantitative estimate of drug-likeness (QED) is 0.792. The number of likely N-dealkylation sites (tertiary alicyclic amines) is 1. The van der Waals surface area contributed by atoms with Crippen molar-refractivity contribution in [3.63, 3.8) is 0 Å². The van der Waals surface area contributed by atoms with Gasteiger partial charge in [0.15, 0.2) is 0 Å². The van der Waals surface area contributed by atoms with E-state index >= 15 is 0 Å². The van der Waals surface area contributed by atoms with Gasteiger partial charge in [0, 0.05) is 18.6 Å². The molecule has 0 aromatic rings. The summed E-state index contributed by atoms with van der Waals surface area (Å²) in [5.41, 5.74) is -0.245. The van der Waals surface area contributed by atoms with E-state index in [1.54, 1.807) is 0 Å². The van der Waals surface area contributed by atoms with E-state index in [2.05, 4.69) is 30.1 Å². The minimum Gasteiger partial charge on any atom is -0.312 e. The summed E-state index contributed by atoms with van der Waals surface area (Å²) in [5, 5.41) is 12.5. The average molecular weight is 223 g/mol. The van der Waals surface area contributed by atoms with E-state index < -0.39 is 0 Å². The summed E-state index contributed by atoms with van der Waals surface area (Å²) < 4.78 is 0. The lowest BCUT2D eigenvalue weighted by Crippen LogP contribution is -2.48. The topological polar surface area (TPSA) is 39.1 Å². The predicted molar refractivity (Wildman–Crippen MR) is 67.1 cm³/mol. The smallest absolute Gasteiger partial charge is 0.0697 e. The van der Waals surface area contributed by atoms with Crippen molar-refractivity contribution in [1.29, 1.82) is 5.26 Å². The van der Waals surface area contributed by atoms with Gasteiger partial charge in [0.2, 0.25) is 0 Å². The lowest BCUT2D eigenvalue weighted by Gasteiger charge is -2.38. The molecule has 0 aliphatic carbocycles. The fourth-order valence-electron chi connectivity index (χ4n) is 2.31. The number of hydrogen-bond acceptors (Lipinski definition) is 3. The van der Waals surface area contributed by atoms with Crippen LogP contribution in [0.5, 0.6) is 0 Å². The largest absolute Gasteiger partial charge is 0.312 e. The second kappa shape index (κ2) is 5.65. The molecule has 0 bridgehead atoms. The Morgan fingerprint density at radius 1 is 1.50 bits per heavy atom. The molecule has 3 nitrogen and oxygen atoms in total. The SMILES string of the molecule is CCN1CCC(NCC(C)(C)C#N)CC1C. The van der Waals surface area contributed by atoms with Gasteiger partial charge in [0.05, 0.1) is 11.5 Å². The molecule has 1 heterocycles. The molecule has 1 aliphatic heterocycles. The molecule has 0 spiro atoms. The van der Waals surface area contributed by atoms with Gasteiger partial charge < -0.3 is 10.2 Å². The first kappa shape index (κ1) is 13.5. The summed E-state index contributed by atoms with van der Waals surface area (Å²) >= 11 is 0. The molecule has 1 N–H and O–H groups in total. The van der Waals surface area contributed by atoms with Crippen LogP contribution in [0.3, 0.4) is 0 Å². The molecule has 1 saturated heterocycles. The van der Waals surface area contributed by atoms with Gasteiger partial charge in [-0.05, 0) is 46.7 Å². The van der Waals surface area contributed by atoms with E-state index in [-0.39, 0.29) is 5.41 Å². The molecule has 1 aliphatic rings. The second-order valence-corrected chi connectivity index (χ2v) is 5.58. The van der Waals surface area contributed by atoms with Crippen LogP contribution in [0.15, 0.2) is 0 Å². The zero-order chi connectivity index (χ0) is 12.2. The number of nitrogens with one attached hydrogen (secondary N) is 1. The Bertz CT molecular complexity index is 254. The summed E-state index contributed by atoms with van der Waals surface area (Å²) in [7, 11) is 0. The molecule has 0 aromatic heterocycles. The number of nitrogens with zero attached hydrogens (tertiary/aromatic N) is 2. The lowest BCUT2D eigenvalue weighted by atomic mass is 9.93. The van der Waals surface area contributed by atoms with Crippen molar-refractivity contribution < 1.29 is 0 Å². The van der Waals surface area contributed by atoms with Gasteiger partial charge in [0.25, 0.3) is 0 Å². The first-order valence-electron chi connectivity index (χ1n) is 6.37. The van der Waals surface area contributed by atoms with Gasteiger partial charge in [0.1, 0.15) is 0 Å². The summed E-state index contributed by atoms with van der Waals surface area (Å²) in [6.07, 6.45) is 2.41. The summed E-state index contributed by atoms with van der Waals surface area (Å²) in [6, 6.07) is 3.60. The summed E-state index contributed by atoms with van der Waals surface area (Å²) in [4.78, 5) is 2.52. The second-order valence-electron chi connectivity index (χ2n) is 5.58. The maximum Gasteiger partial charge on any atom is 0.0697 e. The van der Waals surface area contributed by atoms with Crippen molar-refractivity contribution in [1.82, 2.24) is 10.2 Å². The van der Waals surface area contributed by atoms with Crippen molar-refractivity contribution in [2.45, 2.75) is 52.6 Å². The van der Waals surface area contributed by atoms with Gasteiger partial charge in [-0.2, -0.15) is 5.26 Å². The van der Waals surface area contributed by atoms with E-state index in [9.17, 15) is 0 Å². The van der Waals surface area contributed by atoms with Gasteiger partial charge >= 0.3 is 0 Å². The number of hydrogen-bond donors (Lipinski definition) is 1. The fourth-order valence-corrected chi connectivity index (χ4v) is 2.31. The van der Waals surface area contributed by atoms with Crippen LogP contribution in [0, 0.1) is 16.7 Å². The maximum absolute atomic E-state index is 8.96. The standard InChI is InChI=1S/C13H25N3/c1-5-16-7-6-12(8-11(16)2)15-10-13(3,4)9-14/h11-12,15H,5-8,10H2,1-4H3. The van der Waals surface area contributed by atoms with E-state index in [1.165, 1.54) is 19.4 Å². The van der Waals surface area contributed by atoms with Crippen LogP contribution in [0.25, 0.3) is 0 Å². The molecule has 0 radical (unpaired) electrons. The van der Waals surface area contributed by atoms with Crippen LogP contribution in [-0.4, -0.2) is 36.6 Å². The highest BCUT2D eigenvalue weighted by Gasteiger charge is 2.25. The zero-order valence-electron chi connectivity index (χ0n) is 11.1. The van der Waals surface area contributed by atoms with E-state index in [4.69, 9.17) is 5.26 Å². The minimum atomic E-state index is -0.245. The van der Waals surface area contributed by atoms with Crippen LogP contribution >= 0.6 is 0 Å². The highest BCUT2D eigenvalue weighted by atomic mass is 15.2. The third kappa shape index (κ3) is 3.77. The number of nitriles is 1. The van der Waals surface area contributed by atoms with Gasteiger partial charge in [-0.15, -0.1) is 0 Å². The minimum absolute atomic E-state index is 0.245. The number of rotatable bonds is 4. The van der Waals surface area contributed by atoms with Crippen molar-refractivity contribution in [2.24, 2.45) is 5.41 Å². The molecular weight excluding hydrogens is 198 g/mol. The molecule has 3 heteroatoms. The summed E-state index contributed by atoms with van der Waals surface area (Å²) in [6.45, 7) is 11.6. The van der Waals surface area contributed by atoms with Crippen molar-refractivity contribution in [3.05, 3.63) is 0 Å². The molecule has 2 unspecified atom stereocenters. The van der Waals surface area contributed by atoms with Crippen LogP contribution in [0.2, 0.25) is 0 Å². The van der Waals surface area contributed by atoms with Crippen molar-refractivity contribution >= 4 is 0 Å². The zero-order valence-corrected chi connectivity index (χ0v) is 11.1. The first-order valence-corrected chi connectivity index (χ1v) is 6.37. The Kier molecular flexibility index (Phi) is 4.76. The monoisotopic (exact) mass is 223 g/mol. The van der Waals surface area contributed by atoms with E-state index in [0.717, 1.165) is 13.1 Å². The van der Waals surface area contributed by atoms with Crippen LogP contribution in [0.1, 0.15) is 40.5 Å². The maximum atomic E-state index is 8.96. The highest BCUT2D eigenvalue weighted by molar-refractivity contribution is 4.94. The molecule has 1 rings (SSSR count). The molecule has 1 fully saturated rings. The molecule has 0 amide bonds. The molecule has 0 aromatic carbocycles. The van der Waals surface area contributed by atoms with Gasteiger partial charge in [-0.25, -0.2) is 0 Å². The Balaban J connectivity index is 2.34.